The second-order valence-corrected chi connectivity index (χ2v) is 4.02. The van der Waals surface area contributed by atoms with E-state index in [1.54, 1.807) is 0 Å². The molecule has 0 saturated carbocycles. The molecule has 1 aromatic rings. The number of benzene rings is 1. The first kappa shape index (κ1) is 14.0. The predicted octanol–water partition coefficient (Wildman–Crippen LogP) is 3.27. The van der Waals surface area contributed by atoms with Gasteiger partial charge in [0.1, 0.15) is 5.82 Å². The van der Waals surface area contributed by atoms with E-state index in [1.807, 2.05) is 0 Å². The lowest BCUT2D eigenvalue weighted by Gasteiger charge is -2.09. The molecule has 0 atom stereocenters. The fourth-order valence-corrected chi connectivity index (χ4v) is 1.54. The number of amides is 1. The Morgan fingerprint density at radius 3 is 2.59 bits per heavy atom. The number of rotatable bonds is 3. The Bertz CT molecular complexity index is 419. The van der Waals surface area contributed by atoms with E-state index in [1.165, 1.54) is 12.1 Å². The number of carbonyl (C=O) groups is 1. The highest BCUT2D eigenvalue weighted by Gasteiger charge is 2.26. The van der Waals surface area contributed by atoms with Crippen molar-refractivity contribution in [1.82, 2.24) is 5.32 Å². The van der Waals surface area contributed by atoms with Gasteiger partial charge in [-0.15, -0.1) is 0 Å². The van der Waals surface area contributed by atoms with Crippen molar-refractivity contribution in [2.45, 2.75) is 12.6 Å². The summed E-state index contributed by atoms with van der Waals surface area (Å²) in [6, 6.07) is 3.76. The van der Waals surface area contributed by atoms with Crippen LogP contribution in [0.15, 0.2) is 22.7 Å². The molecule has 2 nitrogen and oxygen atoms in total. The van der Waals surface area contributed by atoms with Gasteiger partial charge in [0, 0.05) is 6.54 Å². The molecule has 1 aromatic carbocycles. The molecule has 0 unspecified atom stereocenters. The predicted molar refractivity (Wildman–Crippen MR) is 57.1 cm³/mol. The Kier molecular flexibility index (Phi) is 4.50. The molecule has 0 saturated heterocycles. The third-order valence-corrected chi connectivity index (χ3v) is 2.70. The van der Waals surface area contributed by atoms with Crippen molar-refractivity contribution >= 4 is 21.8 Å². The summed E-state index contributed by atoms with van der Waals surface area (Å²) in [5, 5.41) is 2.07. The van der Waals surface area contributed by atoms with Gasteiger partial charge in [0.15, 0.2) is 0 Å². The molecule has 0 aliphatic rings. The van der Waals surface area contributed by atoms with E-state index < -0.39 is 30.9 Å². The molecular formula is C10H8BrF4NO. The maximum atomic E-state index is 13.0. The van der Waals surface area contributed by atoms with Crippen LogP contribution in [0.2, 0.25) is 0 Å². The minimum Gasteiger partial charge on any atom is -0.352 e. The third kappa shape index (κ3) is 4.33. The maximum Gasteiger partial charge on any atom is 0.390 e. The monoisotopic (exact) mass is 313 g/mol. The highest BCUT2D eigenvalue weighted by molar-refractivity contribution is 9.10. The molecule has 0 aliphatic carbocycles. The van der Waals surface area contributed by atoms with Gasteiger partial charge >= 0.3 is 6.18 Å². The lowest BCUT2D eigenvalue weighted by atomic mass is 10.2. The normalized spacial score (nSPS) is 11.4. The second kappa shape index (κ2) is 5.48. The molecule has 0 heterocycles. The van der Waals surface area contributed by atoms with Crippen molar-refractivity contribution < 1.29 is 22.4 Å². The van der Waals surface area contributed by atoms with Crippen LogP contribution in [-0.2, 0) is 0 Å². The van der Waals surface area contributed by atoms with E-state index in [0.717, 1.165) is 6.07 Å². The Morgan fingerprint density at radius 1 is 1.35 bits per heavy atom. The first-order valence-electron chi connectivity index (χ1n) is 4.60. The Hall–Kier alpha value is -1.11. The van der Waals surface area contributed by atoms with Crippen LogP contribution in [0.3, 0.4) is 0 Å². The van der Waals surface area contributed by atoms with Gasteiger partial charge in [0.05, 0.1) is 16.5 Å². The molecule has 0 bridgehead atoms. The standard InChI is InChI=1S/C10H8BrF4NO/c11-8-6(2-1-3-7(8)12)9(17)16-5-4-10(13,14)15/h1-3H,4-5H2,(H,16,17). The van der Waals surface area contributed by atoms with Crippen LogP contribution >= 0.6 is 15.9 Å². The third-order valence-electron chi connectivity index (χ3n) is 1.89. The van der Waals surface area contributed by atoms with Gasteiger partial charge in [0.25, 0.3) is 5.91 Å². The van der Waals surface area contributed by atoms with E-state index in [4.69, 9.17) is 0 Å². The van der Waals surface area contributed by atoms with E-state index in [9.17, 15) is 22.4 Å². The average molecular weight is 314 g/mol. The fourth-order valence-electron chi connectivity index (χ4n) is 1.09. The number of nitrogens with one attached hydrogen (secondary N) is 1. The van der Waals surface area contributed by atoms with Crippen LogP contribution in [0, 0.1) is 5.82 Å². The Balaban J connectivity index is 2.62. The molecule has 1 rings (SSSR count). The zero-order valence-corrected chi connectivity index (χ0v) is 10.0. The van der Waals surface area contributed by atoms with Gasteiger partial charge in [-0.25, -0.2) is 4.39 Å². The minimum atomic E-state index is -4.33. The average Bonchev–Trinajstić information content (AvgIpc) is 2.20. The number of alkyl halides is 3. The number of carbonyl (C=O) groups excluding carboxylic acids is 1. The van der Waals surface area contributed by atoms with E-state index >= 15 is 0 Å². The first-order chi connectivity index (χ1) is 7.81. The summed E-state index contributed by atoms with van der Waals surface area (Å²) in [4.78, 5) is 11.4. The van der Waals surface area contributed by atoms with Gasteiger partial charge in [-0.1, -0.05) is 6.07 Å². The SMILES string of the molecule is O=C(NCCC(F)(F)F)c1cccc(F)c1Br. The summed E-state index contributed by atoms with van der Waals surface area (Å²) < 4.78 is 48.5. The maximum absolute atomic E-state index is 13.0. The molecule has 0 aromatic heterocycles. The molecule has 94 valence electrons. The van der Waals surface area contributed by atoms with E-state index in [2.05, 4.69) is 21.2 Å². The lowest BCUT2D eigenvalue weighted by molar-refractivity contribution is -0.132. The summed E-state index contributed by atoms with van der Waals surface area (Å²) >= 11 is 2.85. The smallest absolute Gasteiger partial charge is 0.352 e. The van der Waals surface area contributed by atoms with Crippen molar-refractivity contribution in [2.75, 3.05) is 6.54 Å². The summed E-state index contributed by atoms with van der Waals surface area (Å²) in [5.41, 5.74) is -0.0350. The van der Waals surface area contributed by atoms with Gasteiger partial charge in [0.2, 0.25) is 0 Å². The van der Waals surface area contributed by atoms with Crippen molar-refractivity contribution in [1.29, 1.82) is 0 Å². The highest BCUT2D eigenvalue weighted by atomic mass is 79.9. The fraction of sp³-hybridized carbons (Fsp3) is 0.300. The van der Waals surface area contributed by atoms with Crippen molar-refractivity contribution in [3.63, 3.8) is 0 Å². The van der Waals surface area contributed by atoms with Crippen LogP contribution < -0.4 is 5.32 Å². The molecule has 17 heavy (non-hydrogen) atoms. The highest BCUT2D eigenvalue weighted by Crippen LogP contribution is 2.21. The van der Waals surface area contributed by atoms with Gasteiger partial charge < -0.3 is 5.32 Å². The largest absolute Gasteiger partial charge is 0.390 e. The molecular weight excluding hydrogens is 306 g/mol. The topological polar surface area (TPSA) is 29.1 Å². The van der Waals surface area contributed by atoms with Crippen molar-refractivity contribution in [3.05, 3.63) is 34.1 Å². The number of hydrogen-bond acceptors (Lipinski definition) is 1. The molecule has 1 amide bonds. The summed E-state index contributed by atoms with van der Waals surface area (Å²) in [6.45, 7) is -0.536. The quantitative estimate of drug-likeness (QED) is 0.853. The second-order valence-electron chi connectivity index (χ2n) is 3.22. The van der Waals surface area contributed by atoms with Gasteiger partial charge in [-0.3, -0.25) is 4.79 Å². The van der Waals surface area contributed by atoms with Crippen LogP contribution in [0.5, 0.6) is 0 Å². The zero-order chi connectivity index (χ0) is 13.1. The van der Waals surface area contributed by atoms with Gasteiger partial charge in [-0.2, -0.15) is 13.2 Å². The first-order valence-corrected chi connectivity index (χ1v) is 5.39. The number of halogens is 5. The zero-order valence-electron chi connectivity index (χ0n) is 8.44. The van der Waals surface area contributed by atoms with Crippen LogP contribution in [0.25, 0.3) is 0 Å². The minimum absolute atomic E-state index is 0.0350. The number of hydrogen-bond donors (Lipinski definition) is 1. The molecule has 0 aliphatic heterocycles. The van der Waals surface area contributed by atoms with Crippen LogP contribution in [0.1, 0.15) is 16.8 Å². The van der Waals surface area contributed by atoms with E-state index in [-0.39, 0.29) is 10.0 Å². The Labute approximate surface area is 103 Å². The molecule has 1 N–H and O–H groups in total. The Morgan fingerprint density at radius 2 is 2.00 bits per heavy atom. The lowest BCUT2D eigenvalue weighted by Crippen LogP contribution is -2.28. The summed E-state index contributed by atoms with van der Waals surface area (Å²) in [5.74, 6) is -1.39. The molecule has 0 spiro atoms. The summed E-state index contributed by atoms with van der Waals surface area (Å²) in [7, 11) is 0. The van der Waals surface area contributed by atoms with Crippen molar-refractivity contribution in [2.24, 2.45) is 0 Å². The summed E-state index contributed by atoms with van der Waals surface area (Å²) in [6.07, 6.45) is -5.45. The van der Waals surface area contributed by atoms with E-state index in [0.29, 0.717) is 0 Å². The van der Waals surface area contributed by atoms with Crippen LogP contribution in [-0.4, -0.2) is 18.6 Å². The van der Waals surface area contributed by atoms with Crippen LogP contribution in [0.4, 0.5) is 17.6 Å². The molecule has 0 radical (unpaired) electrons. The molecule has 7 heteroatoms. The molecule has 0 fully saturated rings. The van der Waals surface area contributed by atoms with Crippen molar-refractivity contribution in [3.8, 4) is 0 Å². The van der Waals surface area contributed by atoms with Gasteiger partial charge in [-0.05, 0) is 28.1 Å².